The molecule has 5 heteroatoms. The molecule has 1 amide bonds. The number of carbonyl (C=O) groups excluding carboxylic acids is 1. The summed E-state index contributed by atoms with van der Waals surface area (Å²) in [4.78, 5) is 15.2. The molecule has 2 N–H and O–H groups in total. The average Bonchev–Trinajstić information content (AvgIpc) is 3.45. The van der Waals surface area contributed by atoms with Crippen molar-refractivity contribution in [1.82, 2.24) is 0 Å². The third-order valence-electron chi connectivity index (χ3n) is 12.6. The molecule has 5 aliphatic rings. The van der Waals surface area contributed by atoms with Gasteiger partial charge in [-0.25, -0.2) is 0 Å². The number of aliphatic hydroxyl groups is 2. The maximum Gasteiger partial charge on any atom is 0.227 e. The van der Waals surface area contributed by atoms with E-state index in [4.69, 9.17) is 11.6 Å². The Morgan fingerprint density at radius 2 is 1.92 bits per heavy atom. The molecular formula is C32H46ClNO3. The molecule has 0 radical (unpaired) electrons. The Bertz CT molecular complexity index is 1040. The molecule has 1 aromatic carbocycles. The van der Waals surface area contributed by atoms with Crippen molar-refractivity contribution in [2.24, 2.45) is 46.3 Å². The second kappa shape index (κ2) is 9.52. The lowest BCUT2D eigenvalue weighted by molar-refractivity contribution is -0.174. The van der Waals surface area contributed by atoms with Crippen molar-refractivity contribution in [1.29, 1.82) is 0 Å². The van der Waals surface area contributed by atoms with Crippen molar-refractivity contribution in [2.45, 2.75) is 104 Å². The van der Waals surface area contributed by atoms with E-state index >= 15 is 0 Å². The molecule has 0 aromatic heterocycles. The van der Waals surface area contributed by atoms with Crippen LogP contribution in [-0.4, -0.2) is 34.9 Å². The predicted octanol–water partition coefficient (Wildman–Crippen LogP) is 6.64. The van der Waals surface area contributed by atoms with Crippen LogP contribution in [0.25, 0.3) is 0 Å². The normalized spacial score (nSPS) is 43.5. The molecule has 1 aromatic rings. The molecule has 6 rings (SSSR count). The number of fused-ring (bicyclic) bond motifs is 6. The third kappa shape index (κ3) is 4.11. The van der Waals surface area contributed by atoms with E-state index in [1.165, 1.54) is 31.2 Å². The number of hydrogen-bond acceptors (Lipinski definition) is 3. The van der Waals surface area contributed by atoms with Crippen molar-refractivity contribution in [3.8, 4) is 0 Å². The largest absolute Gasteiger partial charge is 0.393 e. The summed E-state index contributed by atoms with van der Waals surface area (Å²) in [7, 11) is 0. The summed E-state index contributed by atoms with van der Waals surface area (Å²) in [6, 6.07) is 5.87. The molecular weight excluding hydrogens is 482 g/mol. The molecule has 4 fully saturated rings. The highest BCUT2D eigenvalue weighted by atomic mass is 35.5. The van der Waals surface area contributed by atoms with E-state index in [0.29, 0.717) is 41.9 Å². The summed E-state index contributed by atoms with van der Waals surface area (Å²) >= 11 is 6.16. The van der Waals surface area contributed by atoms with Crippen molar-refractivity contribution in [3.63, 3.8) is 0 Å². The summed E-state index contributed by atoms with van der Waals surface area (Å²) in [5, 5.41) is 22.9. The van der Waals surface area contributed by atoms with Crippen molar-refractivity contribution < 1.29 is 15.0 Å². The zero-order chi connectivity index (χ0) is 26.1. The minimum absolute atomic E-state index is 0.0436. The quantitative estimate of drug-likeness (QED) is 0.461. The van der Waals surface area contributed by atoms with Crippen LogP contribution in [0.5, 0.6) is 0 Å². The van der Waals surface area contributed by atoms with E-state index in [1.54, 1.807) is 0 Å². The van der Waals surface area contributed by atoms with Crippen LogP contribution in [0.1, 0.15) is 90.5 Å². The lowest BCUT2D eigenvalue weighted by Crippen LogP contribution is -2.58. The smallest absolute Gasteiger partial charge is 0.227 e. The van der Waals surface area contributed by atoms with Gasteiger partial charge in [0.05, 0.1) is 12.2 Å². The predicted molar refractivity (Wildman–Crippen MR) is 149 cm³/mol. The van der Waals surface area contributed by atoms with Crippen molar-refractivity contribution in [3.05, 3.63) is 28.8 Å². The zero-order valence-corrected chi connectivity index (χ0v) is 23.7. The highest BCUT2D eigenvalue weighted by Gasteiger charge is 2.63. The van der Waals surface area contributed by atoms with E-state index in [1.807, 2.05) is 23.1 Å². The zero-order valence-electron chi connectivity index (χ0n) is 23.0. The first-order chi connectivity index (χ1) is 17.6. The van der Waals surface area contributed by atoms with E-state index in [9.17, 15) is 15.0 Å². The second-order valence-electron chi connectivity index (χ2n) is 14.0. The van der Waals surface area contributed by atoms with Gasteiger partial charge >= 0.3 is 0 Å². The van der Waals surface area contributed by atoms with Gasteiger partial charge in [0, 0.05) is 23.7 Å². The lowest BCUT2D eigenvalue weighted by atomic mass is 9.43. The minimum Gasteiger partial charge on any atom is -0.393 e. The highest BCUT2D eigenvalue weighted by molar-refractivity contribution is 6.30. The molecule has 0 bridgehead atoms. The van der Waals surface area contributed by atoms with Crippen molar-refractivity contribution in [2.75, 3.05) is 11.4 Å². The summed E-state index contributed by atoms with van der Waals surface area (Å²) in [5.74, 6) is 3.62. The number of benzene rings is 1. The monoisotopic (exact) mass is 527 g/mol. The molecule has 4 nitrogen and oxygen atoms in total. The fourth-order valence-corrected chi connectivity index (χ4v) is 10.7. The molecule has 0 saturated heterocycles. The van der Waals surface area contributed by atoms with Crippen LogP contribution in [-0.2, 0) is 11.2 Å². The number of nitrogens with zero attached hydrogens (tertiary/aromatic N) is 1. The molecule has 204 valence electrons. The van der Waals surface area contributed by atoms with Crippen molar-refractivity contribution >= 4 is 23.2 Å². The maximum atomic E-state index is 13.2. The van der Waals surface area contributed by atoms with Gasteiger partial charge in [-0.05, 0) is 134 Å². The van der Waals surface area contributed by atoms with Gasteiger partial charge in [-0.2, -0.15) is 0 Å². The highest BCUT2D eigenvalue weighted by Crippen LogP contribution is 2.68. The van der Waals surface area contributed by atoms with Gasteiger partial charge in [0.25, 0.3) is 0 Å². The Morgan fingerprint density at radius 1 is 1.11 bits per heavy atom. The summed E-state index contributed by atoms with van der Waals surface area (Å²) in [6.07, 6.45) is 10.8. The van der Waals surface area contributed by atoms with Gasteiger partial charge < -0.3 is 15.1 Å². The third-order valence-corrected chi connectivity index (χ3v) is 12.8. The standard InChI is InChI=1S/C32H46ClNO3/c1-19(4-11-30(37)34-15-13-20-16-22(33)6-10-28(20)34)25-8-9-26-24-7-5-21-17-23(35)12-14-31(21,2)27(24)18-29(36)32(25,26)3/h6,10,16,19,21,23-27,29,35-36H,4-5,7-9,11-15,17-18H2,1-3H3/t19-,21-,23-,24+,25-,26+,27+,29+,31+,32-/m1/s1. The molecule has 1 heterocycles. The number of amides is 1. The van der Waals surface area contributed by atoms with Gasteiger partial charge in [-0.1, -0.05) is 32.4 Å². The van der Waals surface area contributed by atoms with E-state index in [2.05, 4.69) is 20.8 Å². The Kier molecular flexibility index (Phi) is 6.73. The summed E-state index contributed by atoms with van der Waals surface area (Å²) in [6.45, 7) is 7.97. The Labute approximate surface area is 228 Å². The van der Waals surface area contributed by atoms with E-state index in [0.717, 1.165) is 55.8 Å². The first kappa shape index (κ1) is 26.1. The second-order valence-corrected chi connectivity index (χ2v) is 14.4. The summed E-state index contributed by atoms with van der Waals surface area (Å²) in [5.41, 5.74) is 2.44. The molecule has 1 aliphatic heterocycles. The van der Waals surface area contributed by atoms with Crippen LogP contribution in [0.4, 0.5) is 5.69 Å². The summed E-state index contributed by atoms with van der Waals surface area (Å²) < 4.78 is 0. The Morgan fingerprint density at radius 3 is 2.73 bits per heavy atom. The number of carbonyl (C=O) groups is 1. The van der Waals surface area contributed by atoms with Gasteiger partial charge in [-0.15, -0.1) is 0 Å². The van der Waals surface area contributed by atoms with Crippen LogP contribution in [0, 0.1) is 46.3 Å². The van der Waals surface area contributed by atoms with Crippen LogP contribution in [0.3, 0.4) is 0 Å². The molecule has 0 unspecified atom stereocenters. The number of halogens is 1. The van der Waals surface area contributed by atoms with Crippen LogP contribution in [0.2, 0.25) is 5.02 Å². The molecule has 37 heavy (non-hydrogen) atoms. The SMILES string of the molecule is C[C@H](CCC(=O)N1CCc2cc(Cl)ccc21)[C@H]1CC[C@H]2[C@@H]3CC[C@@H]4C[C@H](O)CC[C@]4(C)[C@H]3C[C@H](O)[C@]12C. The number of aliphatic hydroxyl groups excluding tert-OH is 2. The van der Waals surface area contributed by atoms with Gasteiger partial charge in [0.2, 0.25) is 5.91 Å². The first-order valence-corrected chi connectivity index (χ1v) is 15.5. The maximum absolute atomic E-state index is 13.2. The van der Waals surface area contributed by atoms with Crippen LogP contribution < -0.4 is 4.90 Å². The molecule has 0 spiro atoms. The average molecular weight is 528 g/mol. The van der Waals surface area contributed by atoms with Gasteiger partial charge in [0.15, 0.2) is 0 Å². The molecule has 10 atom stereocenters. The number of rotatable bonds is 4. The fraction of sp³-hybridized carbons (Fsp3) is 0.781. The van der Waals surface area contributed by atoms with E-state index < -0.39 is 0 Å². The Hall–Kier alpha value is -1.10. The van der Waals surface area contributed by atoms with Crippen LogP contribution >= 0.6 is 11.6 Å². The lowest BCUT2D eigenvalue weighted by Gasteiger charge is -2.62. The minimum atomic E-state index is -0.262. The first-order valence-electron chi connectivity index (χ1n) is 15.1. The number of hydrogen-bond donors (Lipinski definition) is 2. The Balaban J connectivity index is 1.13. The van der Waals surface area contributed by atoms with Crippen LogP contribution in [0.15, 0.2) is 18.2 Å². The molecule has 4 saturated carbocycles. The number of anilines is 1. The van der Waals surface area contributed by atoms with Gasteiger partial charge in [0.1, 0.15) is 0 Å². The fourth-order valence-electron chi connectivity index (χ4n) is 10.5. The molecule has 4 aliphatic carbocycles. The van der Waals surface area contributed by atoms with Gasteiger partial charge in [-0.3, -0.25) is 4.79 Å². The van der Waals surface area contributed by atoms with E-state index in [-0.39, 0.29) is 28.9 Å². The topological polar surface area (TPSA) is 60.8 Å².